The van der Waals surface area contributed by atoms with Gasteiger partial charge >= 0.3 is 0 Å². The average Bonchev–Trinajstić information content (AvgIpc) is 2.73. The molecule has 0 spiro atoms. The van der Waals surface area contributed by atoms with Crippen LogP contribution in [0.3, 0.4) is 0 Å². The lowest BCUT2D eigenvalue weighted by Crippen LogP contribution is -2.00. The largest absolute Gasteiger partial charge is 0.362 e. The first kappa shape index (κ1) is 14.5. The highest BCUT2D eigenvalue weighted by Crippen LogP contribution is 2.14. The Labute approximate surface area is 110 Å². The summed E-state index contributed by atoms with van der Waals surface area (Å²) >= 11 is 1.70. The Morgan fingerprint density at radius 1 is 1.06 bits per heavy atom. The number of nitrogens with zero attached hydrogens (tertiary/aromatic N) is 1. The van der Waals surface area contributed by atoms with E-state index in [0.717, 1.165) is 17.4 Å². The van der Waals surface area contributed by atoms with Gasteiger partial charge in [-0.05, 0) is 13.3 Å². The Morgan fingerprint density at radius 3 is 2.29 bits per heavy atom. The summed E-state index contributed by atoms with van der Waals surface area (Å²) in [5, 5.41) is 6.55. The summed E-state index contributed by atoms with van der Waals surface area (Å²) in [6.45, 7) is 5.38. The van der Waals surface area contributed by atoms with Crippen LogP contribution in [0.1, 0.15) is 64.0 Å². The van der Waals surface area contributed by atoms with E-state index in [1.54, 1.807) is 11.3 Å². The zero-order valence-electron chi connectivity index (χ0n) is 11.3. The average molecular weight is 254 g/mol. The molecule has 17 heavy (non-hydrogen) atoms. The van der Waals surface area contributed by atoms with E-state index in [4.69, 9.17) is 0 Å². The molecule has 1 rings (SSSR count). The number of rotatable bonds is 10. The van der Waals surface area contributed by atoms with Gasteiger partial charge in [0.25, 0.3) is 0 Å². The van der Waals surface area contributed by atoms with E-state index in [2.05, 4.69) is 22.6 Å². The minimum absolute atomic E-state index is 1.07. The van der Waals surface area contributed by atoms with Crippen LogP contribution in [-0.4, -0.2) is 11.5 Å². The molecule has 0 aromatic carbocycles. The highest BCUT2D eigenvalue weighted by Gasteiger charge is 1.96. The molecule has 0 saturated heterocycles. The molecule has 0 saturated carbocycles. The summed E-state index contributed by atoms with van der Waals surface area (Å²) in [6, 6.07) is 0. The monoisotopic (exact) mass is 254 g/mol. The van der Waals surface area contributed by atoms with Gasteiger partial charge in [-0.15, -0.1) is 11.3 Å². The Morgan fingerprint density at radius 2 is 1.71 bits per heavy atom. The van der Waals surface area contributed by atoms with E-state index in [-0.39, 0.29) is 0 Å². The number of hydrogen-bond acceptors (Lipinski definition) is 3. The van der Waals surface area contributed by atoms with Crippen LogP contribution in [0.25, 0.3) is 0 Å². The molecule has 2 nitrogen and oxygen atoms in total. The van der Waals surface area contributed by atoms with E-state index in [1.165, 1.54) is 51.4 Å². The van der Waals surface area contributed by atoms with Crippen molar-refractivity contribution in [1.82, 2.24) is 4.98 Å². The molecule has 0 atom stereocenters. The number of hydrogen-bond donors (Lipinski definition) is 1. The van der Waals surface area contributed by atoms with Crippen molar-refractivity contribution in [2.45, 2.75) is 65.2 Å². The molecule has 1 N–H and O–H groups in total. The molecule has 1 heterocycles. The normalized spacial score (nSPS) is 10.7. The van der Waals surface area contributed by atoms with Crippen LogP contribution in [0.5, 0.6) is 0 Å². The van der Waals surface area contributed by atoms with Gasteiger partial charge in [0.1, 0.15) is 0 Å². The highest BCUT2D eigenvalue weighted by atomic mass is 32.1. The molecule has 1 aromatic rings. The van der Waals surface area contributed by atoms with Gasteiger partial charge in [0, 0.05) is 11.9 Å². The van der Waals surface area contributed by atoms with Crippen molar-refractivity contribution in [1.29, 1.82) is 0 Å². The summed E-state index contributed by atoms with van der Waals surface area (Å²) in [5.41, 5.74) is 1.12. The minimum Gasteiger partial charge on any atom is -0.362 e. The van der Waals surface area contributed by atoms with Gasteiger partial charge in [-0.25, -0.2) is 4.98 Å². The topological polar surface area (TPSA) is 24.9 Å². The van der Waals surface area contributed by atoms with Crippen molar-refractivity contribution in [2.75, 3.05) is 11.9 Å². The molecule has 0 fully saturated rings. The number of anilines is 1. The molecule has 0 bridgehead atoms. The highest BCUT2D eigenvalue weighted by molar-refractivity contribution is 7.13. The van der Waals surface area contributed by atoms with Crippen molar-refractivity contribution in [3.63, 3.8) is 0 Å². The lowest BCUT2D eigenvalue weighted by atomic mass is 10.1. The van der Waals surface area contributed by atoms with Gasteiger partial charge in [-0.1, -0.05) is 51.9 Å². The van der Waals surface area contributed by atoms with Gasteiger partial charge in [-0.3, -0.25) is 0 Å². The third kappa shape index (κ3) is 7.37. The zero-order chi connectivity index (χ0) is 12.3. The van der Waals surface area contributed by atoms with Crippen molar-refractivity contribution in [2.24, 2.45) is 0 Å². The second-order valence-corrected chi connectivity index (χ2v) is 5.55. The third-order valence-electron chi connectivity index (χ3n) is 2.93. The SMILES string of the molecule is CCCCCCCCCCNc1nc(C)cs1. The van der Waals surface area contributed by atoms with Crippen molar-refractivity contribution in [3.8, 4) is 0 Å². The van der Waals surface area contributed by atoms with E-state index in [1.807, 2.05) is 6.92 Å². The van der Waals surface area contributed by atoms with E-state index >= 15 is 0 Å². The van der Waals surface area contributed by atoms with Crippen LogP contribution in [-0.2, 0) is 0 Å². The van der Waals surface area contributed by atoms with Crippen LogP contribution in [0.4, 0.5) is 5.13 Å². The van der Waals surface area contributed by atoms with Gasteiger partial charge < -0.3 is 5.32 Å². The fourth-order valence-corrected chi connectivity index (χ4v) is 2.61. The first-order chi connectivity index (χ1) is 8.33. The van der Waals surface area contributed by atoms with Crippen LogP contribution in [0.15, 0.2) is 5.38 Å². The lowest BCUT2D eigenvalue weighted by Gasteiger charge is -2.03. The Kier molecular flexibility index (Phi) is 8.06. The fraction of sp³-hybridized carbons (Fsp3) is 0.786. The second kappa shape index (κ2) is 9.46. The Hall–Kier alpha value is -0.570. The minimum atomic E-state index is 1.07. The van der Waals surface area contributed by atoms with Gasteiger partial charge in [0.05, 0.1) is 5.69 Å². The van der Waals surface area contributed by atoms with Crippen LogP contribution in [0, 0.1) is 6.92 Å². The third-order valence-corrected chi connectivity index (χ3v) is 3.84. The van der Waals surface area contributed by atoms with Gasteiger partial charge in [0.15, 0.2) is 5.13 Å². The molecular weight excluding hydrogens is 228 g/mol. The van der Waals surface area contributed by atoms with E-state index < -0.39 is 0 Å². The molecular formula is C14H26N2S. The summed E-state index contributed by atoms with van der Waals surface area (Å²) in [4.78, 5) is 4.39. The maximum absolute atomic E-state index is 4.39. The maximum Gasteiger partial charge on any atom is 0.182 e. The van der Waals surface area contributed by atoms with Crippen LogP contribution >= 0.6 is 11.3 Å². The summed E-state index contributed by atoms with van der Waals surface area (Å²) < 4.78 is 0. The smallest absolute Gasteiger partial charge is 0.182 e. The number of thiazole rings is 1. The molecule has 1 aromatic heterocycles. The number of aromatic nitrogens is 1. The predicted octanol–water partition coefficient (Wildman–Crippen LogP) is 5.00. The standard InChI is InChI=1S/C14H26N2S/c1-3-4-5-6-7-8-9-10-11-15-14-16-13(2)12-17-14/h12H,3-11H2,1-2H3,(H,15,16). The van der Waals surface area contributed by atoms with E-state index in [0.29, 0.717) is 0 Å². The zero-order valence-corrected chi connectivity index (χ0v) is 12.1. The lowest BCUT2D eigenvalue weighted by molar-refractivity contribution is 0.581. The number of unbranched alkanes of at least 4 members (excludes halogenated alkanes) is 7. The summed E-state index contributed by atoms with van der Waals surface area (Å²) in [5.74, 6) is 0. The Balaban J connectivity index is 1.84. The second-order valence-electron chi connectivity index (χ2n) is 4.70. The molecule has 0 aliphatic carbocycles. The van der Waals surface area contributed by atoms with Gasteiger partial charge in [-0.2, -0.15) is 0 Å². The molecule has 0 radical (unpaired) electrons. The molecule has 0 aliphatic heterocycles. The summed E-state index contributed by atoms with van der Waals surface area (Å²) in [6.07, 6.45) is 11.0. The molecule has 0 aliphatic rings. The first-order valence-corrected chi connectivity index (χ1v) is 7.87. The number of nitrogens with one attached hydrogen (secondary N) is 1. The Bertz CT molecular complexity index is 284. The predicted molar refractivity (Wildman–Crippen MR) is 78.0 cm³/mol. The quantitative estimate of drug-likeness (QED) is 0.594. The fourth-order valence-electron chi connectivity index (χ4n) is 1.89. The molecule has 0 unspecified atom stereocenters. The molecule has 3 heteroatoms. The first-order valence-electron chi connectivity index (χ1n) is 6.99. The van der Waals surface area contributed by atoms with Gasteiger partial charge in [0.2, 0.25) is 0 Å². The summed E-state index contributed by atoms with van der Waals surface area (Å²) in [7, 11) is 0. The maximum atomic E-state index is 4.39. The van der Waals surface area contributed by atoms with Crippen molar-refractivity contribution < 1.29 is 0 Å². The molecule has 0 amide bonds. The van der Waals surface area contributed by atoms with E-state index in [9.17, 15) is 0 Å². The van der Waals surface area contributed by atoms with Crippen LogP contribution < -0.4 is 5.32 Å². The van der Waals surface area contributed by atoms with Crippen LogP contribution in [0.2, 0.25) is 0 Å². The number of aryl methyl sites for hydroxylation is 1. The van der Waals surface area contributed by atoms with Crippen molar-refractivity contribution in [3.05, 3.63) is 11.1 Å². The van der Waals surface area contributed by atoms with Crippen molar-refractivity contribution >= 4 is 16.5 Å². The molecule has 98 valence electrons.